The van der Waals surface area contributed by atoms with Crippen molar-refractivity contribution in [3.05, 3.63) is 33.8 Å². The Hall–Kier alpha value is -0.290. The molecule has 0 aliphatic rings. The van der Waals surface area contributed by atoms with Crippen LogP contribution < -0.4 is 0 Å². The summed E-state index contributed by atoms with van der Waals surface area (Å²) in [5.41, 5.74) is 0.585. The van der Waals surface area contributed by atoms with E-state index in [4.69, 9.17) is 23.2 Å². The van der Waals surface area contributed by atoms with Gasteiger partial charge in [0, 0.05) is 10.0 Å². The van der Waals surface area contributed by atoms with Crippen molar-refractivity contribution in [1.29, 1.82) is 0 Å². The lowest BCUT2D eigenvalue weighted by molar-refractivity contribution is 0.312. The first kappa shape index (κ1) is 11.8. The van der Waals surface area contributed by atoms with Crippen molar-refractivity contribution in [3.63, 3.8) is 0 Å². The standard InChI is InChI=1S/C8H8Cl2O3S/c1-14(11,12)13-5-6-2-3-7(9)4-8(6)10/h2-4H,5H2,1H3. The van der Waals surface area contributed by atoms with Crippen molar-refractivity contribution in [2.75, 3.05) is 6.26 Å². The number of benzene rings is 1. The smallest absolute Gasteiger partial charge is 0.264 e. The van der Waals surface area contributed by atoms with Gasteiger partial charge in [0.2, 0.25) is 0 Å². The van der Waals surface area contributed by atoms with Gasteiger partial charge in [0.25, 0.3) is 10.1 Å². The first-order valence-corrected chi connectivity index (χ1v) is 6.24. The van der Waals surface area contributed by atoms with Crippen LogP contribution in [0.5, 0.6) is 0 Å². The van der Waals surface area contributed by atoms with E-state index in [0.717, 1.165) is 6.26 Å². The second-order valence-electron chi connectivity index (χ2n) is 2.70. The molecule has 0 atom stereocenters. The molecule has 3 nitrogen and oxygen atoms in total. The highest BCUT2D eigenvalue weighted by molar-refractivity contribution is 7.85. The SMILES string of the molecule is CS(=O)(=O)OCc1ccc(Cl)cc1Cl. The monoisotopic (exact) mass is 254 g/mol. The predicted octanol–water partition coefficient (Wildman–Crippen LogP) is 2.47. The molecule has 1 rings (SSSR count). The van der Waals surface area contributed by atoms with Crippen LogP contribution >= 0.6 is 23.2 Å². The van der Waals surface area contributed by atoms with E-state index in [1.54, 1.807) is 12.1 Å². The lowest BCUT2D eigenvalue weighted by Crippen LogP contribution is -2.02. The third-order valence-electron chi connectivity index (χ3n) is 1.44. The van der Waals surface area contributed by atoms with Crippen LogP contribution in [0.4, 0.5) is 0 Å². The van der Waals surface area contributed by atoms with Crippen LogP contribution in [0.25, 0.3) is 0 Å². The van der Waals surface area contributed by atoms with Gasteiger partial charge in [-0.25, -0.2) is 0 Å². The molecule has 0 aromatic heterocycles. The van der Waals surface area contributed by atoms with Gasteiger partial charge in [-0.1, -0.05) is 29.3 Å². The third kappa shape index (κ3) is 3.84. The van der Waals surface area contributed by atoms with Gasteiger partial charge in [-0.15, -0.1) is 0 Å². The second kappa shape index (κ2) is 4.49. The van der Waals surface area contributed by atoms with Crippen LogP contribution in [-0.2, 0) is 20.9 Å². The zero-order valence-electron chi connectivity index (χ0n) is 7.33. The van der Waals surface area contributed by atoms with Crippen molar-refractivity contribution in [2.24, 2.45) is 0 Å². The number of hydrogen-bond donors (Lipinski definition) is 0. The minimum absolute atomic E-state index is 0.0746. The summed E-state index contributed by atoms with van der Waals surface area (Å²) in [5.74, 6) is 0. The zero-order valence-corrected chi connectivity index (χ0v) is 9.66. The van der Waals surface area contributed by atoms with E-state index in [-0.39, 0.29) is 6.61 Å². The van der Waals surface area contributed by atoms with Crippen LogP contribution in [-0.4, -0.2) is 14.7 Å². The minimum atomic E-state index is -3.44. The highest BCUT2D eigenvalue weighted by atomic mass is 35.5. The number of hydrogen-bond acceptors (Lipinski definition) is 3. The quantitative estimate of drug-likeness (QED) is 0.779. The van der Waals surface area contributed by atoms with Crippen LogP contribution in [0.2, 0.25) is 10.0 Å². The largest absolute Gasteiger partial charge is 0.265 e. The lowest BCUT2D eigenvalue weighted by atomic mass is 10.2. The molecule has 0 saturated carbocycles. The van der Waals surface area contributed by atoms with Crippen molar-refractivity contribution in [3.8, 4) is 0 Å². The maximum absolute atomic E-state index is 10.7. The maximum Gasteiger partial charge on any atom is 0.264 e. The zero-order chi connectivity index (χ0) is 10.8. The van der Waals surface area contributed by atoms with Gasteiger partial charge in [-0.2, -0.15) is 8.42 Å². The molecule has 0 amide bonds. The summed E-state index contributed by atoms with van der Waals surface area (Å²) in [6, 6.07) is 4.77. The van der Waals surface area contributed by atoms with E-state index >= 15 is 0 Å². The summed E-state index contributed by atoms with van der Waals surface area (Å²) in [6.45, 7) is -0.0746. The van der Waals surface area contributed by atoms with Gasteiger partial charge in [0.05, 0.1) is 12.9 Å². The Balaban J connectivity index is 2.78. The fraction of sp³-hybridized carbons (Fsp3) is 0.250. The van der Waals surface area contributed by atoms with Gasteiger partial charge < -0.3 is 0 Å². The first-order valence-electron chi connectivity index (χ1n) is 3.67. The fourth-order valence-corrected chi connectivity index (χ4v) is 1.61. The van der Waals surface area contributed by atoms with Crippen LogP contribution in [0.15, 0.2) is 18.2 Å². The van der Waals surface area contributed by atoms with Crippen LogP contribution in [0.3, 0.4) is 0 Å². The molecule has 0 radical (unpaired) electrons. The molecule has 14 heavy (non-hydrogen) atoms. The Bertz CT molecular complexity index is 428. The molecule has 0 N–H and O–H groups in total. The Morgan fingerprint density at radius 1 is 1.36 bits per heavy atom. The molecule has 1 aromatic rings. The predicted molar refractivity (Wildman–Crippen MR) is 56.1 cm³/mol. The third-order valence-corrected chi connectivity index (χ3v) is 2.58. The summed E-state index contributed by atoms with van der Waals surface area (Å²) in [5, 5.41) is 0.888. The molecule has 0 aliphatic carbocycles. The normalized spacial score (nSPS) is 11.6. The van der Waals surface area contributed by atoms with Crippen molar-refractivity contribution >= 4 is 33.3 Å². The average molecular weight is 255 g/mol. The van der Waals surface area contributed by atoms with Gasteiger partial charge in [-0.3, -0.25) is 4.18 Å². The highest BCUT2D eigenvalue weighted by Gasteiger charge is 2.06. The number of halogens is 2. The second-order valence-corrected chi connectivity index (χ2v) is 5.19. The molecular formula is C8H8Cl2O3S. The molecule has 0 spiro atoms. The maximum atomic E-state index is 10.7. The molecule has 78 valence electrons. The van der Waals surface area contributed by atoms with Crippen LogP contribution in [0.1, 0.15) is 5.56 Å². The van der Waals surface area contributed by atoms with Crippen molar-refractivity contribution in [1.82, 2.24) is 0 Å². The van der Waals surface area contributed by atoms with E-state index in [0.29, 0.717) is 15.6 Å². The summed E-state index contributed by atoms with van der Waals surface area (Å²) in [4.78, 5) is 0. The van der Waals surface area contributed by atoms with E-state index in [9.17, 15) is 8.42 Å². The van der Waals surface area contributed by atoms with E-state index < -0.39 is 10.1 Å². The topological polar surface area (TPSA) is 43.4 Å². The van der Waals surface area contributed by atoms with Gasteiger partial charge in [-0.05, 0) is 17.7 Å². The van der Waals surface area contributed by atoms with Crippen molar-refractivity contribution in [2.45, 2.75) is 6.61 Å². The first-order chi connectivity index (χ1) is 6.38. The van der Waals surface area contributed by atoms with Crippen LogP contribution in [0, 0.1) is 0 Å². The molecule has 0 heterocycles. The summed E-state index contributed by atoms with van der Waals surface area (Å²) in [6.07, 6.45) is 0.983. The molecule has 0 unspecified atom stereocenters. The Labute approximate surface area is 92.7 Å². The van der Waals surface area contributed by atoms with Gasteiger partial charge in [0.1, 0.15) is 0 Å². The molecule has 0 aliphatic heterocycles. The van der Waals surface area contributed by atoms with E-state index in [1.807, 2.05) is 0 Å². The average Bonchev–Trinajstić information content (AvgIpc) is 2.00. The molecule has 0 bridgehead atoms. The summed E-state index contributed by atoms with van der Waals surface area (Å²) in [7, 11) is -3.44. The Morgan fingerprint density at radius 3 is 2.50 bits per heavy atom. The minimum Gasteiger partial charge on any atom is -0.265 e. The molecule has 6 heteroatoms. The fourth-order valence-electron chi connectivity index (χ4n) is 0.809. The molecule has 0 fully saturated rings. The summed E-state index contributed by atoms with van der Waals surface area (Å²) >= 11 is 11.5. The van der Waals surface area contributed by atoms with Gasteiger partial charge in [0.15, 0.2) is 0 Å². The summed E-state index contributed by atoms with van der Waals surface area (Å²) < 4.78 is 26.0. The Kier molecular flexibility index (Phi) is 3.78. The van der Waals surface area contributed by atoms with Gasteiger partial charge >= 0.3 is 0 Å². The number of rotatable bonds is 3. The highest BCUT2D eigenvalue weighted by Crippen LogP contribution is 2.21. The van der Waals surface area contributed by atoms with E-state index in [2.05, 4.69) is 4.18 Å². The lowest BCUT2D eigenvalue weighted by Gasteiger charge is -2.03. The van der Waals surface area contributed by atoms with E-state index in [1.165, 1.54) is 6.07 Å². The Morgan fingerprint density at radius 2 is 2.00 bits per heavy atom. The van der Waals surface area contributed by atoms with Crippen molar-refractivity contribution < 1.29 is 12.6 Å². The molecular weight excluding hydrogens is 247 g/mol. The molecule has 0 saturated heterocycles. The molecule has 1 aromatic carbocycles.